The molecule has 19 heavy (non-hydrogen) atoms. The van der Waals surface area contributed by atoms with Crippen molar-refractivity contribution < 1.29 is 19.4 Å². The molecule has 0 saturated carbocycles. The van der Waals surface area contributed by atoms with Gasteiger partial charge in [-0.3, -0.25) is 4.79 Å². The Kier molecular flexibility index (Phi) is 6.74. The van der Waals surface area contributed by atoms with Gasteiger partial charge in [-0.15, -0.1) is 0 Å². The van der Waals surface area contributed by atoms with Gasteiger partial charge in [0.15, 0.2) is 18.1 Å². The van der Waals surface area contributed by atoms with Crippen LogP contribution in [0.2, 0.25) is 0 Å². The summed E-state index contributed by atoms with van der Waals surface area (Å²) in [5, 5.41) is 11.5. The lowest BCUT2D eigenvalue weighted by Crippen LogP contribution is -2.33. The highest BCUT2D eigenvalue weighted by atomic mass is 16.5. The molecule has 1 amide bonds. The van der Waals surface area contributed by atoms with Crippen molar-refractivity contribution in [2.75, 3.05) is 26.4 Å². The molecule has 0 aliphatic heterocycles. The third-order valence-corrected chi connectivity index (χ3v) is 2.47. The zero-order chi connectivity index (χ0) is 14.1. The summed E-state index contributed by atoms with van der Waals surface area (Å²) in [7, 11) is 0. The fourth-order valence-corrected chi connectivity index (χ4v) is 1.39. The van der Waals surface area contributed by atoms with Crippen LogP contribution in [-0.4, -0.2) is 37.4 Å². The van der Waals surface area contributed by atoms with E-state index in [1.54, 1.807) is 12.1 Å². The third kappa shape index (κ3) is 5.61. The smallest absolute Gasteiger partial charge is 0.257 e. The third-order valence-electron chi connectivity index (χ3n) is 2.47. The Morgan fingerprint density at radius 1 is 1.32 bits per heavy atom. The van der Waals surface area contributed by atoms with Gasteiger partial charge in [0.2, 0.25) is 0 Å². The number of amides is 1. The molecule has 1 atom stereocenters. The van der Waals surface area contributed by atoms with Crippen molar-refractivity contribution in [3.05, 3.63) is 24.3 Å². The average molecular weight is 267 g/mol. The number of rotatable bonds is 8. The highest BCUT2D eigenvalue weighted by Crippen LogP contribution is 2.26. The zero-order valence-corrected chi connectivity index (χ0v) is 11.4. The molecule has 106 valence electrons. The Morgan fingerprint density at radius 2 is 1.95 bits per heavy atom. The van der Waals surface area contributed by atoms with Gasteiger partial charge < -0.3 is 19.9 Å². The van der Waals surface area contributed by atoms with Gasteiger partial charge >= 0.3 is 0 Å². The number of ether oxygens (including phenoxy) is 2. The van der Waals surface area contributed by atoms with Crippen molar-refractivity contribution in [3.63, 3.8) is 0 Å². The molecule has 5 heteroatoms. The lowest BCUT2D eigenvalue weighted by Gasteiger charge is -2.12. The second-order valence-corrected chi connectivity index (χ2v) is 4.26. The average Bonchev–Trinajstić information content (AvgIpc) is 2.44. The van der Waals surface area contributed by atoms with Crippen molar-refractivity contribution in [3.8, 4) is 11.5 Å². The van der Waals surface area contributed by atoms with Gasteiger partial charge in [0.25, 0.3) is 5.91 Å². The molecule has 0 saturated heterocycles. The summed E-state index contributed by atoms with van der Waals surface area (Å²) in [5.41, 5.74) is 0. The van der Waals surface area contributed by atoms with Crippen LogP contribution in [0.3, 0.4) is 0 Å². The lowest BCUT2D eigenvalue weighted by atomic mass is 10.2. The molecule has 1 unspecified atom stereocenters. The first kappa shape index (κ1) is 15.3. The molecule has 0 aromatic heterocycles. The molecule has 0 fully saturated rings. The van der Waals surface area contributed by atoms with Crippen molar-refractivity contribution in [2.45, 2.75) is 13.8 Å². The van der Waals surface area contributed by atoms with Crippen LogP contribution >= 0.6 is 0 Å². The number of aliphatic hydroxyl groups is 1. The molecule has 1 aromatic rings. The second-order valence-electron chi connectivity index (χ2n) is 4.26. The van der Waals surface area contributed by atoms with E-state index in [4.69, 9.17) is 14.6 Å². The maximum atomic E-state index is 11.5. The Labute approximate surface area is 113 Å². The van der Waals surface area contributed by atoms with Crippen LogP contribution in [0, 0.1) is 5.92 Å². The number of carbonyl (C=O) groups excluding carboxylic acids is 1. The van der Waals surface area contributed by atoms with Crippen LogP contribution in [-0.2, 0) is 4.79 Å². The van der Waals surface area contributed by atoms with Crippen LogP contribution in [0.5, 0.6) is 11.5 Å². The van der Waals surface area contributed by atoms with Gasteiger partial charge in [-0.25, -0.2) is 0 Å². The number of hydrogen-bond donors (Lipinski definition) is 2. The first-order valence-corrected chi connectivity index (χ1v) is 6.39. The van der Waals surface area contributed by atoms with Crippen LogP contribution < -0.4 is 14.8 Å². The van der Waals surface area contributed by atoms with Crippen molar-refractivity contribution in [1.82, 2.24) is 5.32 Å². The first-order valence-electron chi connectivity index (χ1n) is 6.39. The number of aliphatic hydroxyl groups excluding tert-OH is 1. The summed E-state index contributed by atoms with van der Waals surface area (Å²) in [6, 6.07) is 7.23. The normalized spacial score (nSPS) is 11.7. The molecule has 0 spiro atoms. The number of nitrogens with one attached hydrogen (secondary N) is 1. The summed E-state index contributed by atoms with van der Waals surface area (Å²) < 4.78 is 10.8. The van der Waals surface area contributed by atoms with Crippen LogP contribution in [0.15, 0.2) is 24.3 Å². The summed E-state index contributed by atoms with van der Waals surface area (Å²) in [4.78, 5) is 11.5. The number of hydrogen-bond acceptors (Lipinski definition) is 4. The molecular weight excluding hydrogens is 246 g/mol. The van der Waals surface area contributed by atoms with E-state index in [1.165, 1.54) is 0 Å². The number of para-hydroxylation sites is 2. The van der Waals surface area contributed by atoms with Gasteiger partial charge in [-0.1, -0.05) is 19.1 Å². The molecule has 0 aliphatic carbocycles. The highest BCUT2D eigenvalue weighted by molar-refractivity contribution is 5.77. The minimum Gasteiger partial charge on any atom is -0.490 e. The first-order chi connectivity index (χ1) is 9.17. The fourth-order valence-electron chi connectivity index (χ4n) is 1.39. The molecule has 0 bridgehead atoms. The Balaban J connectivity index is 2.41. The fraction of sp³-hybridized carbons (Fsp3) is 0.500. The van der Waals surface area contributed by atoms with E-state index in [2.05, 4.69) is 5.32 Å². The van der Waals surface area contributed by atoms with E-state index in [9.17, 15) is 4.79 Å². The van der Waals surface area contributed by atoms with E-state index < -0.39 is 0 Å². The van der Waals surface area contributed by atoms with E-state index in [0.29, 0.717) is 24.7 Å². The maximum absolute atomic E-state index is 11.5. The Bertz CT molecular complexity index is 395. The number of benzene rings is 1. The molecule has 2 N–H and O–H groups in total. The topological polar surface area (TPSA) is 67.8 Å². The van der Waals surface area contributed by atoms with Gasteiger partial charge in [-0.2, -0.15) is 0 Å². The maximum Gasteiger partial charge on any atom is 0.257 e. The second kappa shape index (κ2) is 8.37. The van der Waals surface area contributed by atoms with E-state index >= 15 is 0 Å². The van der Waals surface area contributed by atoms with Gasteiger partial charge in [0, 0.05) is 13.2 Å². The lowest BCUT2D eigenvalue weighted by molar-refractivity contribution is -0.123. The zero-order valence-electron chi connectivity index (χ0n) is 11.4. The summed E-state index contributed by atoms with van der Waals surface area (Å²) in [5.74, 6) is 1.00. The van der Waals surface area contributed by atoms with Gasteiger partial charge in [0.1, 0.15) is 0 Å². The molecule has 0 aliphatic rings. The largest absolute Gasteiger partial charge is 0.490 e. The summed E-state index contributed by atoms with van der Waals surface area (Å²) in [6.45, 7) is 4.70. The van der Waals surface area contributed by atoms with Crippen molar-refractivity contribution >= 4 is 5.91 Å². The summed E-state index contributed by atoms with van der Waals surface area (Å²) in [6.07, 6.45) is 0. The van der Waals surface area contributed by atoms with Gasteiger partial charge in [0.05, 0.1) is 6.61 Å². The van der Waals surface area contributed by atoms with Gasteiger partial charge in [-0.05, 0) is 25.0 Å². The highest BCUT2D eigenvalue weighted by Gasteiger charge is 2.08. The van der Waals surface area contributed by atoms with E-state index in [1.807, 2.05) is 26.0 Å². The van der Waals surface area contributed by atoms with Crippen LogP contribution in [0.1, 0.15) is 13.8 Å². The van der Waals surface area contributed by atoms with Crippen LogP contribution in [0.4, 0.5) is 0 Å². The standard InChI is InChI=1S/C14H21NO4/c1-3-18-12-6-4-5-7-13(12)19-10-14(17)15-8-11(2)9-16/h4-7,11,16H,3,8-10H2,1-2H3,(H,15,17). The molecule has 0 radical (unpaired) electrons. The molecule has 1 aromatic carbocycles. The minimum absolute atomic E-state index is 0.0414. The quantitative estimate of drug-likeness (QED) is 0.743. The SMILES string of the molecule is CCOc1ccccc1OCC(=O)NCC(C)CO. The molecule has 0 heterocycles. The monoisotopic (exact) mass is 267 g/mol. The molecule has 1 rings (SSSR count). The minimum atomic E-state index is -0.216. The van der Waals surface area contributed by atoms with Crippen molar-refractivity contribution in [1.29, 1.82) is 0 Å². The molecular formula is C14H21NO4. The predicted molar refractivity (Wildman–Crippen MR) is 72.4 cm³/mol. The van der Waals surface area contributed by atoms with Crippen LogP contribution in [0.25, 0.3) is 0 Å². The molecule has 5 nitrogen and oxygen atoms in total. The summed E-state index contributed by atoms with van der Waals surface area (Å²) >= 11 is 0. The Hall–Kier alpha value is -1.75. The van der Waals surface area contributed by atoms with E-state index in [-0.39, 0.29) is 25.0 Å². The van der Waals surface area contributed by atoms with Crippen molar-refractivity contribution in [2.24, 2.45) is 5.92 Å². The predicted octanol–water partition coefficient (Wildman–Crippen LogP) is 1.21. The van der Waals surface area contributed by atoms with E-state index in [0.717, 1.165) is 0 Å². The Morgan fingerprint density at radius 3 is 2.53 bits per heavy atom. The number of carbonyl (C=O) groups is 1.